The Kier molecular flexibility index (Phi) is 8.00. The van der Waals surface area contributed by atoms with Crippen LogP contribution in [0.15, 0.2) is 72.8 Å². The lowest BCUT2D eigenvalue weighted by Crippen LogP contribution is -2.26. The number of para-hydroxylation sites is 2. The normalized spacial score (nSPS) is 16.7. The van der Waals surface area contributed by atoms with Gasteiger partial charge in [-0.25, -0.2) is 4.79 Å². The second-order valence-corrected chi connectivity index (χ2v) is 8.69. The van der Waals surface area contributed by atoms with Gasteiger partial charge in [-0.2, -0.15) is 0 Å². The molecule has 0 bridgehead atoms. The van der Waals surface area contributed by atoms with E-state index < -0.39 is 0 Å². The van der Waals surface area contributed by atoms with Crippen LogP contribution >= 0.6 is 0 Å². The Morgan fingerprint density at radius 1 is 0.833 bits per heavy atom. The van der Waals surface area contributed by atoms with Gasteiger partial charge in [0.25, 0.3) is 0 Å². The van der Waals surface area contributed by atoms with Gasteiger partial charge in [0, 0.05) is 17.2 Å². The number of carbonyl (C=O) groups excluding carboxylic acids is 3. The molecule has 4 rings (SSSR count). The van der Waals surface area contributed by atoms with Crippen molar-refractivity contribution in [2.75, 3.05) is 24.4 Å². The molecular formula is C29H30N2O5. The maximum atomic E-state index is 13.0. The van der Waals surface area contributed by atoms with E-state index in [-0.39, 0.29) is 29.6 Å². The number of carbonyl (C=O) groups is 3. The number of esters is 1. The van der Waals surface area contributed by atoms with Crippen LogP contribution in [0.3, 0.4) is 0 Å². The van der Waals surface area contributed by atoms with E-state index in [1.807, 2.05) is 55.5 Å². The number of urea groups is 1. The first-order chi connectivity index (χ1) is 17.5. The van der Waals surface area contributed by atoms with Crippen molar-refractivity contribution in [2.45, 2.75) is 26.2 Å². The lowest BCUT2D eigenvalue weighted by atomic mass is 9.88. The third-order valence-electron chi connectivity index (χ3n) is 6.44. The molecule has 3 aromatic rings. The Bertz CT molecular complexity index is 1220. The molecule has 1 aliphatic rings. The van der Waals surface area contributed by atoms with Crippen molar-refractivity contribution in [2.24, 2.45) is 11.8 Å². The fourth-order valence-electron chi connectivity index (χ4n) is 4.63. The Hall–Kier alpha value is -4.13. The van der Waals surface area contributed by atoms with Gasteiger partial charge in [0.1, 0.15) is 5.75 Å². The van der Waals surface area contributed by atoms with Crippen LogP contribution in [0.4, 0.5) is 16.2 Å². The van der Waals surface area contributed by atoms with Gasteiger partial charge in [-0.15, -0.1) is 0 Å². The van der Waals surface area contributed by atoms with E-state index in [2.05, 4.69) is 10.6 Å². The predicted octanol–water partition coefficient (Wildman–Crippen LogP) is 6.17. The first kappa shape index (κ1) is 25.0. The number of hydrogen-bond donors (Lipinski definition) is 2. The molecule has 186 valence electrons. The van der Waals surface area contributed by atoms with Crippen LogP contribution < -0.4 is 15.4 Å². The number of ketones is 1. The van der Waals surface area contributed by atoms with Crippen LogP contribution in [0.1, 0.15) is 36.5 Å². The molecule has 2 amide bonds. The van der Waals surface area contributed by atoms with Crippen LogP contribution in [-0.2, 0) is 9.53 Å². The number of benzene rings is 3. The number of hydrogen-bond acceptors (Lipinski definition) is 5. The van der Waals surface area contributed by atoms with Crippen molar-refractivity contribution in [1.82, 2.24) is 0 Å². The minimum Gasteiger partial charge on any atom is -0.492 e. The van der Waals surface area contributed by atoms with Crippen molar-refractivity contribution in [1.29, 1.82) is 0 Å². The fourth-order valence-corrected chi connectivity index (χ4v) is 4.63. The van der Waals surface area contributed by atoms with E-state index in [4.69, 9.17) is 9.47 Å². The van der Waals surface area contributed by atoms with Gasteiger partial charge in [-0.1, -0.05) is 55.0 Å². The van der Waals surface area contributed by atoms with E-state index >= 15 is 0 Å². The van der Waals surface area contributed by atoms with Gasteiger partial charge >= 0.3 is 12.0 Å². The molecule has 1 fully saturated rings. The highest BCUT2D eigenvalue weighted by Gasteiger charge is 2.38. The molecule has 0 saturated heterocycles. The number of nitrogens with one attached hydrogen (secondary N) is 2. The van der Waals surface area contributed by atoms with Crippen molar-refractivity contribution in [3.63, 3.8) is 0 Å². The van der Waals surface area contributed by atoms with Crippen molar-refractivity contribution >= 4 is 29.2 Å². The molecule has 2 atom stereocenters. The highest BCUT2D eigenvalue weighted by Crippen LogP contribution is 2.35. The average molecular weight is 487 g/mol. The summed E-state index contributed by atoms with van der Waals surface area (Å²) >= 11 is 0. The highest BCUT2D eigenvalue weighted by atomic mass is 16.5. The Balaban J connectivity index is 1.38. The zero-order valence-corrected chi connectivity index (χ0v) is 20.5. The molecule has 36 heavy (non-hydrogen) atoms. The summed E-state index contributed by atoms with van der Waals surface area (Å²) in [6, 6.07) is 21.8. The number of ether oxygens (including phenoxy) is 2. The van der Waals surface area contributed by atoms with Gasteiger partial charge in [-0.05, 0) is 55.2 Å². The predicted molar refractivity (Wildman–Crippen MR) is 139 cm³/mol. The van der Waals surface area contributed by atoms with Crippen LogP contribution in [0, 0.1) is 11.8 Å². The SMILES string of the molecule is CCOc1ccccc1NC(=O)Nc1ccc(-c2ccc(C(=O)C3CCCC3C(=O)OC)cc2)cc1. The molecular weight excluding hydrogens is 456 g/mol. The summed E-state index contributed by atoms with van der Waals surface area (Å²) in [5.41, 5.74) is 3.74. The molecule has 3 aromatic carbocycles. The molecule has 2 N–H and O–H groups in total. The molecule has 1 aliphatic carbocycles. The quantitative estimate of drug-likeness (QED) is 0.293. The zero-order valence-electron chi connectivity index (χ0n) is 20.5. The Labute approximate surface area is 210 Å². The summed E-state index contributed by atoms with van der Waals surface area (Å²) in [6.07, 6.45) is 2.25. The summed E-state index contributed by atoms with van der Waals surface area (Å²) in [5.74, 6) is -0.372. The monoisotopic (exact) mass is 486 g/mol. The van der Waals surface area contributed by atoms with Crippen molar-refractivity contribution < 1.29 is 23.9 Å². The molecule has 7 heteroatoms. The molecule has 2 unspecified atom stereocenters. The van der Waals surface area contributed by atoms with Gasteiger partial charge in [0.2, 0.25) is 0 Å². The fraction of sp³-hybridized carbons (Fsp3) is 0.276. The summed E-state index contributed by atoms with van der Waals surface area (Å²) < 4.78 is 10.4. The maximum absolute atomic E-state index is 13.0. The lowest BCUT2D eigenvalue weighted by molar-refractivity contribution is -0.146. The lowest BCUT2D eigenvalue weighted by Gasteiger charge is -2.16. The molecule has 7 nitrogen and oxygen atoms in total. The molecule has 0 aliphatic heterocycles. The number of amides is 2. The third-order valence-corrected chi connectivity index (χ3v) is 6.44. The smallest absolute Gasteiger partial charge is 0.323 e. The van der Waals surface area contributed by atoms with E-state index in [1.165, 1.54) is 7.11 Å². The van der Waals surface area contributed by atoms with Gasteiger partial charge in [0.05, 0.1) is 25.3 Å². The minimum absolute atomic E-state index is 0.00841. The van der Waals surface area contributed by atoms with Crippen molar-refractivity contribution in [3.8, 4) is 16.9 Å². The topological polar surface area (TPSA) is 93.7 Å². The van der Waals surface area contributed by atoms with E-state index in [0.29, 0.717) is 42.1 Å². The second-order valence-electron chi connectivity index (χ2n) is 8.69. The molecule has 0 spiro atoms. The van der Waals surface area contributed by atoms with Gasteiger partial charge < -0.3 is 20.1 Å². The first-order valence-corrected chi connectivity index (χ1v) is 12.1. The number of methoxy groups -OCH3 is 1. The Morgan fingerprint density at radius 3 is 2.14 bits per heavy atom. The number of rotatable bonds is 8. The average Bonchev–Trinajstić information content (AvgIpc) is 3.40. The summed E-state index contributed by atoms with van der Waals surface area (Å²) in [7, 11) is 1.37. The van der Waals surface area contributed by atoms with Crippen LogP contribution in [0.2, 0.25) is 0 Å². The van der Waals surface area contributed by atoms with E-state index in [0.717, 1.165) is 17.5 Å². The maximum Gasteiger partial charge on any atom is 0.323 e. The zero-order chi connectivity index (χ0) is 25.5. The summed E-state index contributed by atoms with van der Waals surface area (Å²) in [5, 5.41) is 5.63. The number of Topliss-reactive ketones (excluding diaryl/α,β-unsaturated/α-hetero) is 1. The number of anilines is 2. The largest absolute Gasteiger partial charge is 0.492 e. The highest BCUT2D eigenvalue weighted by molar-refractivity contribution is 6.01. The van der Waals surface area contributed by atoms with E-state index in [9.17, 15) is 14.4 Å². The van der Waals surface area contributed by atoms with Gasteiger partial charge in [0.15, 0.2) is 5.78 Å². The first-order valence-electron chi connectivity index (χ1n) is 12.1. The standard InChI is InChI=1S/C29H30N2O5/c1-3-36-26-10-5-4-9-25(26)31-29(34)30-22-17-15-20(16-18-22)19-11-13-21(14-12-19)27(32)23-7-6-8-24(23)28(33)35-2/h4-5,9-18,23-24H,3,6-8H2,1-2H3,(H2,30,31,34). The van der Waals surface area contributed by atoms with Crippen LogP contribution in [0.25, 0.3) is 11.1 Å². The van der Waals surface area contributed by atoms with Crippen molar-refractivity contribution in [3.05, 3.63) is 78.4 Å². The third kappa shape index (κ3) is 5.74. The summed E-state index contributed by atoms with van der Waals surface area (Å²) in [6.45, 7) is 2.39. The minimum atomic E-state index is -0.366. The second kappa shape index (κ2) is 11.5. The molecule has 0 heterocycles. The van der Waals surface area contributed by atoms with E-state index in [1.54, 1.807) is 24.3 Å². The molecule has 1 saturated carbocycles. The summed E-state index contributed by atoms with van der Waals surface area (Å²) in [4.78, 5) is 37.5. The Morgan fingerprint density at radius 2 is 1.47 bits per heavy atom. The van der Waals surface area contributed by atoms with Crippen LogP contribution in [-0.4, -0.2) is 31.5 Å². The van der Waals surface area contributed by atoms with Gasteiger partial charge in [-0.3, -0.25) is 9.59 Å². The van der Waals surface area contributed by atoms with Crippen LogP contribution in [0.5, 0.6) is 5.75 Å². The molecule has 0 radical (unpaired) electrons. The molecule has 0 aromatic heterocycles.